The number of aromatic amines is 1. The second kappa shape index (κ2) is 7.72. The van der Waals surface area contributed by atoms with E-state index in [1.54, 1.807) is 7.11 Å². The van der Waals surface area contributed by atoms with Crippen LogP contribution in [0.25, 0.3) is 10.9 Å². The van der Waals surface area contributed by atoms with E-state index >= 15 is 0 Å². The lowest BCUT2D eigenvalue weighted by atomic mass is 10.1. The van der Waals surface area contributed by atoms with Crippen molar-refractivity contribution in [2.24, 2.45) is 0 Å². The number of H-pyrrole nitrogens is 1. The summed E-state index contributed by atoms with van der Waals surface area (Å²) in [5.41, 5.74) is 1.95. The Morgan fingerprint density at radius 2 is 2.10 bits per heavy atom. The molecule has 0 radical (unpaired) electrons. The van der Waals surface area contributed by atoms with Crippen molar-refractivity contribution in [1.82, 2.24) is 4.98 Å². The quantitative estimate of drug-likeness (QED) is 0.593. The third kappa shape index (κ3) is 4.25. The Bertz CT molecular complexity index is 589. The average molecular weight is 289 g/mol. The number of rotatable bonds is 8. The molecule has 0 saturated carbocycles. The highest BCUT2D eigenvalue weighted by atomic mass is 16.5. The summed E-state index contributed by atoms with van der Waals surface area (Å²) in [5.74, 6) is 0.617. The van der Waals surface area contributed by atoms with Crippen molar-refractivity contribution in [1.29, 1.82) is 0 Å². The molecule has 114 valence electrons. The van der Waals surface area contributed by atoms with Crippen LogP contribution >= 0.6 is 0 Å². The molecule has 0 aliphatic carbocycles. The Morgan fingerprint density at radius 3 is 2.86 bits per heavy atom. The van der Waals surface area contributed by atoms with E-state index in [2.05, 4.69) is 11.9 Å². The van der Waals surface area contributed by atoms with Gasteiger partial charge in [-0.2, -0.15) is 0 Å². The Morgan fingerprint density at radius 1 is 1.24 bits per heavy atom. The van der Waals surface area contributed by atoms with E-state index in [1.807, 2.05) is 24.4 Å². The summed E-state index contributed by atoms with van der Waals surface area (Å²) in [4.78, 5) is 15.0. The van der Waals surface area contributed by atoms with Gasteiger partial charge in [0.2, 0.25) is 0 Å². The number of methoxy groups -OCH3 is 1. The van der Waals surface area contributed by atoms with Crippen molar-refractivity contribution in [2.75, 3.05) is 13.7 Å². The van der Waals surface area contributed by atoms with Crippen LogP contribution < -0.4 is 4.74 Å². The first-order valence-corrected chi connectivity index (χ1v) is 7.54. The number of carbonyl (C=O) groups is 1. The molecule has 0 bridgehead atoms. The van der Waals surface area contributed by atoms with Gasteiger partial charge in [-0.15, -0.1) is 0 Å². The summed E-state index contributed by atoms with van der Waals surface area (Å²) in [5, 5.41) is 1.01. The molecule has 0 aliphatic rings. The number of aromatic nitrogens is 1. The van der Waals surface area contributed by atoms with Gasteiger partial charge in [-0.1, -0.05) is 26.2 Å². The molecule has 0 unspecified atom stereocenters. The maximum Gasteiger partial charge on any atom is 0.310 e. The normalized spacial score (nSPS) is 10.8. The molecule has 0 fully saturated rings. The first-order chi connectivity index (χ1) is 10.2. The van der Waals surface area contributed by atoms with E-state index in [0.717, 1.165) is 35.1 Å². The lowest BCUT2D eigenvalue weighted by molar-refractivity contribution is -0.142. The number of carbonyl (C=O) groups excluding carboxylic acids is 1. The van der Waals surface area contributed by atoms with Crippen molar-refractivity contribution in [3.8, 4) is 5.75 Å². The number of hydrogen-bond donors (Lipinski definition) is 1. The highest BCUT2D eigenvalue weighted by Gasteiger charge is 2.10. The number of nitrogens with one attached hydrogen (secondary N) is 1. The fraction of sp³-hybridized carbons (Fsp3) is 0.471. The maximum absolute atomic E-state index is 11.9. The predicted molar refractivity (Wildman–Crippen MR) is 83.7 cm³/mol. The highest BCUT2D eigenvalue weighted by Crippen LogP contribution is 2.24. The van der Waals surface area contributed by atoms with Crippen molar-refractivity contribution in [2.45, 2.75) is 39.0 Å². The molecule has 0 aliphatic heterocycles. The van der Waals surface area contributed by atoms with Gasteiger partial charge >= 0.3 is 5.97 Å². The average Bonchev–Trinajstić information content (AvgIpc) is 2.89. The minimum absolute atomic E-state index is 0.171. The molecule has 0 spiro atoms. The van der Waals surface area contributed by atoms with Crippen molar-refractivity contribution in [3.05, 3.63) is 30.0 Å². The second-order valence-corrected chi connectivity index (χ2v) is 5.18. The molecule has 1 N–H and O–H groups in total. The molecule has 0 amide bonds. The van der Waals surface area contributed by atoms with Crippen LogP contribution in [0.1, 0.15) is 38.2 Å². The number of benzene rings is 1. The smallest absolute Gasteiger partial charge is 0.310 e. The van der Waals surface area contributed by atoms with Crippen LogP contribution in [0.3, 0.4) is 0 Å². The van der Waals surface area contributed by atoms with Gasteiger partial charge in [-0.05, 0) is 30.2 Å². The first kappa shape index (κ1) is 15.4. The minimum atomic E-state index is -0.171. The van der Waals surface area contributed by atoms with Crippen LogP contribution in [0.5, 0.6) is 5.75 Å². The van der Waals surface area contributed by atoms with Gasteiger partial charge in [0.1, 0.15) is 5.75 Å². The minimum Gasteiger partial charge on any atom is -0.497 e. The maximum atomic E-state index is 11.9. The van der Waals surface area contributed by atoms with Gasteiger partial charge in [-0.3, -0.25) is 4.79 Å². The standard InChI is InChI=1S/C17H23NO3/c1-3-4-5-6-9-21-17(19)10-13-12-18-16-8-7-14(20-2)11-15(13)16/h7-8,11-12,18H,3-6,9-10H2,1-2H3. The lowest BCUT2D eigenvalue weighted by Crippen LogP contribution is -2.08. The predicted octanol–water partition coefficient (Wildman–Crippen LogP) is 3.84. The fourth-order valence-corrected chi connectivity index (χ4v) is 2.35. The molecular weight excluding hydrogens is 266 g/mol. The Kier molecular flexibility index (Phi) is 5.67. The fourth-order valence-electron chi connectivity index (χ4n) is 2.35. The van der Waals surface area contributed by atoms with E-state index in [0.29, 0.717) is 13.0 Å². The zero-order chi connectivity index (χ0) is 15.1. The summed E-state index contributed by atoms with van der Waals surface area (Å²) in [7, 11) is 1.64. The zero-order valence-electron chi connectivity index (χ0n) is 12.8. The van der Waals surface area contributed by atoms with Crippen LogP contribution in [-0.4, -0.2) is 24.7 Å². The van der Waals surface area contributed by atoms with E-state index in [4.69, 9.17) is 9.47 Å². The summed E-state index contributed by atoms with van der Waals surface area (Å²) in [6, 6.07) is 5.79. The van der Waals surface area contributed by atoms with Crippen molar-refractivity contribution >= 4 is 16.9 Å². The molecule has 21 heavy (non-hydrogen) atoms. The van der Waals surface area contributed by atoms with Gasteiger partial charge in [0, 0.05) is 17.1 Å². The molecular formula is C17H23NO3. The molecule has 1 aromatic heterocycles. The van der Waals surface area contributed by atoms with Crippen LogP contribution in [0.2, 0.25) is 0 Å². The number of unbranched alkanes of at least 4 members (excludes halogenated alkanes) is 3. The van der Waals surface area contributed by atoms with E-state index < -0.39 is 0 Å². The van der Waals surface area contributed by atoms with Crippen molar-refractivity contribution in [3.63, 3.8) is 0 Å². The monoisotopic (exact) mass is 289 g/mol. The van der Waals surface area contributed by atoms with E-state index in [1.165, 1.54) is 12.8 Å². The molecule has 0 saturated heterocycles. The van der Waals surface area contributed by atoms with Crippen molar-refractivity contribution < 1.29 is 14.3 Å². The summed E-state index contributed by atoms with van der Waals surface area (Å²) < 4.78 is 10.5. The Hall–Kier alpha value is -1.97. The van der Waals surface area contributed by atoms with Gasteiger partial charge < -0.3 is 14.5 Å². The summed E-state index contributed by atoms with van der Waals surface area (Å²) in [6.07, 6.45) is 6.60. The van der Waals surface area contributed by atoms with Gasteiger partial charge in [0.05, 0.1) is 20.1 Å². The Balaban J connectivity index is 1.91. The van der Waals surface area contributed by atoms with Gasteiger partial charge in [0.15, 0.2) is 0 Å². The zero-order valence-corrected chi connectivity index (χ0v) is 12.8. The van der Waals surface area contributed by atoms with E-state index in [-0.39, 0.29) is 5.97 Å². The molecule has 0 atom stereocenters. The van der Waals surface area contributed by atoms with Crippen LogP contribution in [0.15, 0.2) is 24.4 Å². The third-order valence-electron chi connectivity index (χ3n) is 3.57. The number of ether oxygens (including phenoxy) is 2. The number of fused-ring (bicyclic) bond motifs is 1. The number of esters is 1. The summed E-state index contributed by atoms with van der Waals surface area (Å²) in [6.45, 7) is 2.68. The molecule has 2 rings (SSSR count). The summed E-state index contributed by atoms with van der Waals surface area (Å²) >= 11 is 0. The molecule has 1 heterocycles. The third-order valence-corrected chi connectivity index (χ3v) is 3.57. The van der Waals surface area contributed by atoms with Crippen LogP contribution in [-0.2, 0) is 16.0 Å². The molecule has 4 nitrogen and oxygen atoms in total. The number of hydrogen-bond acceptors (Lipinski definition) is 3. The van der Waals surface area contributed by atoms with Gasteiger partial charge in [-0.25, -0.2) is 0 Å². The lowest BCUT2D eigenvalue weighted by Gasteiger charge is -2.04. The topological polar surface area (TPSA) is 51.3 Å². The van der Waals surface area contributed by atoms with Crippen LogP contribution in [0, 0.1) is 0 Å². The molecule has 2 aromatic rings. The highest BCUT2D eigenvalue weighted by molar-refractivity contribution is 5.88. The largest absolute Gasteiger partial charge is 0.497 e. The second-order valence-electron chi connectivity index (χ2n) is 5.18. The van der Waals surface area contributed by atoms with Crippen LogP contribution in [0.4, 0.5) is 0 Å². The SMILES string of the molecule is CCCCCCOC(=O)Cc1c[nH]c2ccc(OC)cc12. The first-order valence-electron chi connectivity index (χ1n) is 7.54. The molecule has 1 aromatic carbocycles. The Labute approximate surface area is 125 Å². The van der Waals surface area contributed by atoms with Gasteiger partial charge in [0.25, 0.3) is 0 Å². The molecule has 4 heteroatoms. The van der Waals surface area contributed by atoms with E-state index in [9.17, 15) is 4.79 Å².